The zero-order chi connectivity index (χ0) is 14.8. The van der Waals surface area contributed by atoms with Gasteiger partial charge in [-0.1, -0.05) is 13.0 Å². The van der Waals surface area contributed by atoms with E-state index in [1.54, 1.807) is 0 Å². The van der Waals surface area contributed by atoms with Gasteiger partial charge in [0.25, 0.3) is 0 Å². The molecule has 0 bridgehead atoms. The predicted molar refractivity (Wildman–Crippen MR) is 69.0 cm³/mol. The number of aliphatic imine (C=N–C) groups is 1. The van der Waals surface area contributed by atoms with E-state index in [1.807, 2.05) is 6.92 Å². The Hall–Kier alpha value is -1.56. The van der Waals surface area contributed by atoms with Gasteiger partial charge in [-0.15, -0.1) is 0 Å². The molecule has 0 saturated heterocycles. The van der Waals surface area contributed by atoms with Crippen LogP contribution in [0.3, 0.4) is 0 Å². The second kappa shape index (κ2) is 5.83. The van der Waals surface area contributed by atoms with Gasteiger partial charge in [0.2, 0.25) is 0 Å². The van der Waals surface area contributed by atoms with Crippen LogP contribution in [0.15, 0.2) is 23.2 Å². The van der Waals surface area contributed by atoms with E-state index < -0.39 is 11.7 Å². The smallest absolute Gasteiger partial charge is 0.416 e. The average Bonchev–Trinajstić information content (AvgIpc) is 2.42. The number of fused-ring (bicyclic) bond motifs is 1. The Morgan fingerprint density at radius 1 is 1.45 bits per heavy atom. The van der Waals surface area contributed by atoms with Crippen LogP contribution in [0, 0.1) is 5.92 Å². The number of aliphatic hydroxyl groups is 1. The fourth-order valence-corrected chi connectivity index (χ4v) is 2.33. The van der Waals surface area contributed by atoms with Crippen molar-refractivity contribution in [2.45, 2.75) is 25.6 Å². The van der Waals surface area contributed by atoms with Crippen molar-refractivity contribution in [1.29, 1.82) is 0 Å². The van der Waals surface area contributed by atoms with E-state index in [2.05, 4.69) is 4.99 Å². The molecule has 1 aromatic rings. The lowest BCUT2D eigenvalue weighted by atomic mass is 9.88. The Kier molecular flexibility index (Phi) is 4.32. The highest BCUT2D eigenvalue weighted by molar-refractivity contribution is 5.59. The van der Waals surface area contributed by atoms with Gasteiger partial charge in [0.15, 0.2) is 0 Å². The topological polar surface area (TPSA) is 41.8 Å². The minimum absolute atomic E-state index is 0.0991. The van der Waals surface area contributed by atoms with Crippen LogP contribution in [0.1, 0.15) is 30.5 Å². The van der Waals surface area contributed by atoms with Crippen LogP contribution in [0.2, 0.25) is 0 Å². The molecule has 6 heteroatoms. The Morgan fingerprint density at radius 3 is 2.80 bits per heavy atom. The quantitative estimate of drug-likeness (QED) is 0.867. The molecule has 1 aromatic carbocycles. The van der Waals surface area contributed by atoms with Crippen molar-refractivity contribution in [1.82, 2.24) is 0 Å². The summed E-state index contributed by atoms with van der Waals surface area (Å²) in [5.74, 6) is 0.326. The molecule has 0 spiro atoms. The summed E-state index contributed by atoms with van der Waals surface area (Å²) in [6.07, 6.45) is -2.21. The number of alkyl halides is 3. The molecule has 0 amide bonds. The maximum absolute atomic E-state index is 12.7. The Bertz CT molecular complexity index is 500. The Balaban J connectivity index is 2.39. The zero-order valence-corrected chi connectivity index (χ0v) is 11.0. The van der Waals surface area contributed by atoms with Gasteiger partial charge in [-0.05, 0) is 18.6 Å². The third kappa shape index (κ3) is 2.95. The van der Waals surface area contributed by atoms with E-state index >= 15 is 0 Å². The van der Waals surface area contributed by atoms with Gasteiger partial charge in [0, 0.05) is 17.7 Å². The van der Waals surface area contributed by atoms with Crippen LogP contribution < -0.4 is 4.74 Å². The number of aliphatic hydroxyl groups excluding tert-OH is 1. The molecule has 1 N–H and O–H groups in total. The van der Waals surface area contributed by atoms with Gasteiger partial charge in [-0.25, -0.2) is 0 Å². The van der Waals surface area contributed by atoms with Crippen molar-refractivity contribution in [2.24, 2.45) is 10.9 Å². The van der Waals surface area contributed by atoms with Crippen LogP contribution in [0.25, 0.3) is 0 Å². The fourth-order valence-electron chi connectivity index (χ4n) is 2.33. The van der Waals surface area contributed by atoms with E-state index in [0.717, 1.165) is 18.6 Å². The lowest BCUT2D eigenvalue weighted by molar-refractivity contribution is -0.137. The van der Waals surface area contributed by atoms with Gasteiger partial charge in [0.05, 0.1) is 24.8 Å². The molecule has 2 rings (SSSR count). The second-order valence-electron chi connectivity index (χ2n) is 4.69. The molecule has 1 aliphatic heterocycles. The number of halogens is 3. The largest absolute Gasteiger partial charge is 0.493 e. The van der Waals surface area contributed by atoms with Gasteiger partial charge >= 0.3 is 6.18 Å². The molecular formula is C14H16F3NO2. The minimum Gasteiger partial charge on any atom is -0.493 e. The van der Waals surface area contributed by atoms with Crippen LogP contribution in [-0.2, 0) is 6.18 Å². The van der Waals surface area contributed by atoms with E-state index in [-0.39, 0.29) is 24.3 Å². The monoisotopic (exact) mass is 287 g/mol. The first kappa shape index (κ1) is 14.8. The summed E-state index contributed by atoms with van der Waals surface area (Å²) in [5, 5.41) is 8.83. The summed E-state index contributed by atoms with van der Waals surface area (Å²) in [7, 11) is 0. The average molecular weight is 287 g/mol. The van der Waals surface area contributed by atoms with Gasteiger partial charge < -0.3 is 9.84 Å². The lowest BCUT2D eigenvalue weighted by Gasteiger charge is -2.31. The van der Waals surface area contributed by atoms with E-state index in [4.69, 9.17) is 9.84 Å². The standard InChI is InChI=1S/C14H16F3NO2/c1-2-9-8-20-12-7-10(14(15,16)17)3-4-11(12)13(9)18-5-6-19/h3-5,7,9,13,19H,2,6,8H2,1H3. The molecule has 3 nitrogen and oxygen atoms in total. The lowest BCUT2D eigenvalue weighted by Crippen LogP contribution is -2.25. The normalized spacial score (nSPS) is 22.6. The van der Waals surface area contributed by atoms with Gasteiger partial charge in [0.1, 0.15) is 5.75 Å². The molecule has 110 valence electrons. The first-order valence-corrected chi connectivity index (χ1v) is 6.43. The van der Waals surface area contributed by atoms with Crippen molar-refractivity contribution in [3.8, 4) is 5.75 Å². The summed E-state index contributed by atoms with van der Waals surface area (Å²) in [5.41, 5.74) is -0.0862. The molecular weight excluding hydrogens is 271 g/mol. The summed E-state index contributed by atoms with van der Waals surface area (Å²) in [6.45, 7) is 2.12. The van der Waals surface area contributed by atoms with Crippen molar-refractivity contribution in [3.63, 3.8) is 0 Å². The predicted octanol–water partition coefficient (Wildman–Crippen LogP) is 3.23. The van der Waals surface area contributed by atoms with Crippen molar-refractivity contribution in [3.05, 3.63) is 29.3 Å². The fraction of sp³-hybridized carbons (Fsp3) is 0.500. The van der Waals surface area contributed by atoms with E-state index in [9.17, 15) is 13.2 Å². The van der Waals surface area contributed by atoms with Crippen molar-refractivity contribution >= 4 is 6.21 Å². The number of rotatable bonds is 3. The molecule has 0 fully saturated rings. The number of nitrogens with zero attached hydrogens (tertiary/aromatic N) is 1. The highest BCUT2D eigenvalue weighted by atomic mass is 19.4. The highest BCUT2D eigenvalue weighted by Gasteiger charge is 2.34. The molecule has 1 aliphatic rings. The van der Waals surface area contributed by atoms with E-state index in [0.29, 0.717) is 12.2 Å². The van der Waals surface area contributed by atoms with Gasteiger partial charge in [-0.2, -0.15) is 13.2 Å². The summed E-state index contributed by atoms with van der Waals surface area (Å²) >= 11 is 0. The second-order valence-corrected chi connectivity index (χ2v) is 4.69. The number of hydrogen-bond acceptors (Lipinski definition) is 3. The molecule has 1 heterocycles. The molecule has 0 radical (unpaired) electrons. The molecule has 0 aromatic heterocycles. The molecule has 20 heavy (non-hydrogen) atoms. The number of ether oxygens (including phenoxy) is 1. The number of benzene rings is 1. The van der Waals surface area contributed by atoms with Crippen LogP contribution in [-0.4, -0.2) is 24.5 Å². The first-order chi connectivity index (χ1) is 9.47. The molecule has 0 aliphatic carbocycles. The van der Waals surface area contributed by atoms with Crippen LogP contribution in [0.4, 0.5) is 13.2 Å². The van der Waals surface area contributed by atoms with E-state index in [1.165, 1.54) is 12.3 Å². The SMILES string of the molecule is CCC1COc2cc(C(F)(F)F)ccc2C1N=CCO. The molecule has 2 unspecified atom stereocenters. The Morgan fingerprint density at radius 2 is 2.20 bits per heavy atom. The molecule has 0 saturated carbocycles. The van der Waals surface area contributed by atoms with Crippen molar-refractivity contribution < 1.29 is 23.0 Å². The zero-order valence-electron chi connectivity index (χ0n) is 11.0. The van der Waals surface area contributed by atoms with Crippen LogP contribution in [0.5, 0.6) is 5.75 Å². The summed E-state index contributed by atoms with van der Waals surface area (Å²) in [6, 6.07) is 3.21. The van der Waals surface area contributed by atoms with Crippen LogP contribution >= 0.6 is 0 Å². The van der Waals surface area contributed by atoms with Gasteiger partial charge in [-0.3, -0.25) is 4.99 Å². The summed E-state index contributed by atoms with van der Waals surface area (Å²) < 4.78 is 43.5. The Labute approximate surface area is 115 Å². The third-order valence-electron chi connectivity index (χ3n) is 3.43. The van der Waals surface area contributed by atoms with Crippen molar-refractivity contribution in [2.75, 3.05) is 13.2 Å². The number of hydrogen-bond donors (Lipinski definition) is 1. The maximum Gasteiger partial charge on any atom is 0.416 e. The maximum atomic E-state index is 12.7. The highest BCUT2D eigenvalue weighted by Crippen LogP contribution is 2.42. The minimum atomic E-state index is -4.39. The summed E-state index contributed by atoms with van der Waals surface area (Å²) in [4.78, 5) is 4.25. The molecule has 2 atom stereocenters. The first-order valence-electron chi connectivity index (χ1n) is 6.43. The third-order valence-corrected chi connectivity index (χ3v) is 3.43.